The highest BCUT2D eigenvalue weighted by molar-refractivity contribution is 7.14. The molecule has 0 aliphatic rings. The molecule has 0 spiro atoms. The van der Waals surface area contributed by atoms with Crippen molar-refractivity contribution in [2.75, 3.05) is 5.32 Å². The summed E-state index contributed by atoms with van der Waals surface area (Å²) in [6.07, 6.45) is 1.67. The van der Waals surface area contributed by atoms with Crippen LogP contribution in [0.3, 0.4) is 0 Å². The van der Waals surface area contributed by atoms with E-state index in [0.29, 0.717) is 27.9 Å². The van der Waals surface area contributed by atoms with Crippen molar-refractivity contribution in [2.45, 2.75) is 6.92 Å². The van der Waals surface area contributed by atoms with Gasteiger partial charge in [-0.05, 0) is 25.1 Å². The van der Waals surface area contributed by atoms with Crippen molar-refractivity contribution in [2.24, 2.45) is 0 Å². The average Bonchev–Trinajstić information content (AvgIpc) is 3.35. The van der Waals surface area contributed by atoms with Crippen molar-refractivity contribution in [3.63, 3.8) is 0 Å². The molecule has 0 unspecified atom stereocenters. The monoisotopic (exact) mass is 407 g/mol. The zero-order valence-corrected chi connectivity index (χ0v) is 15.8. The van der Waals surface area contributed by atoms with E-state index >= 15 is 0 Å². The predicted molar refractivity (Wildman–Crippen MR) is 106 cm³/mol. The van der Waals surface area contributed by atoms with Gasteiger partial charge in [0, 0.05) is 23.7 Å². The smallest absolute Gasteiger partial charge is 0.279 e. The third kappa shape index (κ3) is 3.71. The third-order valence-electron chi connectivity index (χ3n) is 4.05. The second-order valence-corrected chi connectivity index (χ2v) is 6.78. The summed E-state index contributed by atoms with van der Waals surface area (Å²) in [6.45, 7) is 1.66. The number of carbonyl (C=O) groups is 1. The lowest BCUT2D eigenvalue weighted by Crippen LogP contribution is -2.14. The van der Waals surface area contributed by atoms with E-state index in [1.807, 2.05) is 18.2 Å². The van der Waals surface area contributed by atoms with Gasteiger partial charge in [0.2, 0.25) is 0 Å². The van der Waals surface area contributed by atoms with E-state index < -0.39 is 10.8 Å². The van der Waals surface area contributed by atoms with Crippen LogP contribution in [0, 0.1) is 17.0 Å². The molecule has 0 atom stereocenters. The van der Waals surface area contributed by atoms with Gasteiger partial charge in [-0.25, -0.2) is 9.67 Å². The number of hydrogen-bond donors (Lipinski definition) is 1. The summed E-state index contributed by atoms with van der Waals surface area (Å²) < 4.78 is 1.38. The van der Waals surface area contributed by atoms with Gasteiger partial charge in [-0.15, -0.1) is 16.4 Å². The van der Waals surface area contributed by atoms with Crippen molar-refractivity contribution < 1.29 is 9.72 Å². The first-order valence-electron chi connectivity index (χ1n) is 8.38. The molecule has 10 nitrogen and oxygen atoms in total. The maximum absolute atomic E-state index is 12.6. The van der Waals surface area contributed by atoms with E-state index in [0.717, 1.165) is 0 Å². The van der Waals surface area contributed by atoms with Crippen LogP contribution >= 0.6 is 11.3 Å². The number of hydrogen-bond acceptors (Lipinski definition) is 8. The van der Waals surface area contributed by atoms with Gasteiger partial charge < -0.3 is 0 Å². The van der Waals surface area contributed by atoms with Crippen LogP contribution in [0.5, 0.6) is 0 Å². The molecule has 29 heavy (non-hydrogen) atoms. The minimum Gasteiger partial charge on any atom is -0.296 e. The van der Waals surface area contributed by atoms with Crippen molar-refractivity contribution in [3.8, 4) is 17.1 Å². The lowest BCUT2D eigenvalue weighted by Gasteiger charge is -2.03. The first kappa shape index (κ1) is 18.4. The fraction of sp³-hybridized carbons (Fsp3) is 0.0556. The molecule has 1 N–H and O–H groups in total. The Kier molecular flexibility index (Phi) is 4.79. The number of nitro benzene ring substituents is 1. The van der Waals surface area contributed by atoms with Crippen LogP contribution in [0.4, 0.5) is 10.8 Å². The lowest BCUT2D eigenvalue weighted by atomic mass is 10.2. The molecule has 0 aliphatic heterocycles. The molecule has 0 fully saturated rings. The number of thiazole rings is 1. The Morgan fingerprint density at radius 1 is 1.21 bits per heavy atom. The number of nitro groups is 1. The zero-order chi connectivity index (χ0) is 20.4. The first-order valence-corrected chi connectivity index (χ1v) is 9.26. The molecule has 0 radical (unpaired) electrons. The fourth-order valence-corrected chi connectivity index (χ4v) is 3.34. The van der Waals surface area contributed by atoms with Crippen molar-refractivity contribution in [1.29, 1.82) is 0 Å². The molecule has 0 saturated heterocycles. The fourth-order valence-electron chi connectivity index (χ4n) is 2.64. The van der Waals surface area contributed by atoms with E-state index in [-0.39, 0.29) is 11.4 Å². The number of aromatic nitrogens is 5. The van der Waals surface area contributed by atoms with E-state index in [2.05, 4.69) is 25.6 Å². The van der Waals surface area contributed by atoms with Crippen LogP contribution in [0.1, 0.15) is 16.2 Å². The molecular formula is C18H13N7O3S. The number of anilines is 1. The Morgan fingerprint density at radius 3 is 2.83 bits per heavy atom. The van der Waals surface area contributed by atoms with Crippen LogP contribution in [-0.4, -0.2) is 35.8 Å². The summed E-state index contributed by atoms with van der Waals surface area (Å²) in [5, 5.41) is 23.8. The van der Waals surface area contributed by atoms with Gasteiger partial charge in [0.25, 0.3) is 11.6 Å². The van der Waals surface area contributed by atoms with Gasteiger partial charge in [-0.1, -0.05) is 17.3 Å². The lowest BCUT2D eigenvalue weighted by molar-refractivity contribution is -0.384. The molecule has 144 valence electrons. The number of nitrogens with zero attached hydrogens (tertiary/aromatic N) is 6. The Morgan fingerprint density at radius 2 is 2.07 bits per heavy atom. The highest BCUT2D eigenvalue weighted by Gasteiger charge is 2.20. The summed E-state index contributed by atoms with van der Waals surface area (Å²) in [5.74, 6) is -0.471. The van der Waals surface area contributed by atoms with E-state index in [1.165, 1.54) is 28.2 Å². The summed E-state index contributed by atoms with van der Waals surface area (Å²) in [7, 11) is 0. The Bertz CT molecular complexity index is 1200. The molecule has 3 aromatic heterocycles. The Hall–Kier alpha value is -3.99. The predicted octanol–water partition coefficient (Wildman–Crippen LogP) is 3.25. The first-order chi connectivity index (χ1) is 14.0. The minimum atomic E-state index is -0.495. The maximum atomic E-state index is 12.6. The van der Waals surface area contributed by atoms with Crippen LogP contribution in [0.2, 0.25) is 0 Å². The highest BCUT2D eigenvalue weighted by atomic mass is 32.1. The number of amides is 1. The number of nitrogens with one attached hydrogen (secondary N) is 1. The molecule has 1 aromatic carbocycles. The Labute approximate surface area is 168 Å². The van der Waals surface area contributed by atoms with Gasteiger partial charge in [-0.2, -0.15) is 0 Å². The van der Waals surface area contributed by atoms with Gasteiger partial charge in [-0.3, -0.25) is 25.2 Å². The van der Waals surface area contributed by atoms with E-state index in [4.69, 9.17) is 0 Å². The Balaban J connectivity index is 1.56. The molecule has 0 saturated carbocycles. The van der Waals surface area contributed by atoms with Gasteiger partial charge in [0.15, 0.2) is 10.8 Å². The van der Waals surface area contributed by atoms with Gasteiger partial charge in [0.05, 0.1) is 22.0 Å². The molecule has 4 rings (SSSR count). The van der Waals surface area contributed by atoms with Crippen molar-refractivity contribution in [3.05, 3.63) is 75.5 Å². The molecular weight excluding hydrogens is 394 g/mol. The van der Waals surface area contributed by atoms with E-state index in [1.54, 1.807) is 30.6 Å². The summed E-state index contributed by atoms with van der Waals surface area (Å²) in [4.78, 5) is 31.7. The van der Waals surface area contributed by atoms with E-state index in [9.17, 15) is 14.9 Å². The minimum absolute atomic E-state index is 0.0757. The molecule has 0 bridgehead atoms. The number of rotatable bonds is 5. The van der Waals surface area contributed by atoms with Crippen molar-refractivity contribution in [1.82, 2.24) is 25.0 Å². The summed E-state index contributed by atoms with van der Waals surface area (Å²) >= 11 is 1.27. The number of non-ortho nitro benzene ring substituents is 1. The summed E-state index contributed by atoms with van der Waals surface area (Å²) in [6, 6.07) is 11.4. The molecule has 4 aromatic rings. The van der Waals surface area contributed by atoms with Crippen LogP contribution in [0.15, 0.2) is 54.0 Å². The third-order valence-corrected chi connectivity index (χ3v) is 4.80. The summed E-state index contributed by atoms with van der Waals surface area (Å²) in [5.41, 5.74) is 2.28. The molecule has 1 amide bonds. The topological polar surface area (TPSA) is 129 Å². The largest absolute Gasteiger partial charge is 0.296 e. The van der Waals surface area contributed by atoms with Crippen LogP contribution in [0.25, 0.3) is 17.1 Å². The SMILES string of the molecule is Cc1c(C(=O)Nc2nc(-c3ccccn3)cs2)nnn1-c1cccc([N+](=O)[O-])c1. The van der Waals surface area contributed by atoms with Crippen LogP contribution < -0.4 is 5.32 Å². The molecule has 11 heteroatoms. The van der Waals surface area contributed by atoms with Gasteiger partial charge in [0.1, 0.15) is 5.69 Å². The quantitative estimate of drug-likeness (QED) is 0.397. The van der Waals surface area contributed by atoms with Crippen LogP contribution in [-0.2, 0) is 0 Å². The maximum Gasteiger partial charge on any atom is 0.279 e. The zero-order valence-electron chi connectivity index (χ0n) is 15.0. The highest BCUT2D eigenvalue weighted by Crippen LogP contribution is 2.24. The van der Waals surface area contributed by atoms with Crippen molar-refractivity contribution >= 4 is 28.1 Å². The second kappa shape index (κ2) is 7.56. The second-order valence-electron chi connectivity index (χ2n) is 5.92. The van der Waals surface area contributed by atoms with Gasteiger partial charge >= 0.3 is 0 Å². The molecule has 0 aliphatic carbocycles. The molecule has 3 heterocycles. The normalized spacial score (nSPS) is 10.7. The standard InChI is InChI=1S/C18H13N7O3S/c1-11-16(22-23-24(11)12-5-4-6-13(9-12)25(27)28)17(26)21-18-20-15(10-29-18)14-7-2-3-8-19-14/h2-10H,1H3,(H,20,21,26). The average molecular weight is 407 g/mol. The number of carbonyl (C=O) groups excluding carboxylic acids is 1. The number of pyridine rings is 1. The number of benzene rings is 1.